The Morgan fingerprint density at radius 2 is 2.00 bits per heavy atom. The minimum atomic E-state index is -2.80. The zero-order valence-corrected chi connectivity index (χ0v) is 14.2. The van der Waals surface area contributed by atoms with Gasteiger partial charge in [0.2, 0.25) is 5.91 Å². The monoisotopic (exact) mass is 360 g/mol. The third-order valence-corrected chi connectivity index (χ3v) is 4.45. The quantitative estimate of drug-likeness (QED) is 0.848. The Balaban J connectivity index is 0.00000208. The number of nitrogens with one attached hydrogen (secondary N) is 2. The van der Waals surface area contributed by atoms with Gasteiger partial charge in [0.1, 0.15) is 5.75 Å². The van der Waals surface area contributed by atoms with E-state index >= 15 is 0 Å². The SMILES string of the molecule is Cl.O=C(NCc1ccccc1OC1CCCC1)C1CC(F)(F)CN1. The molecule has 1 saturated heterocycles. The number of benzene rings is 1. The molecule has 0 radical (unpaired) electrons. The average Bonchev–Trinajstić information content (AvgIpc) is 3.15. The number of carbonyl (C=O) groups excluding carboxylic acids is 1. The maximum atomic E-state index is 13.1. The molecule has 2 N–H and O–H groups in total. The molecular weight excluding hydrogens is 338 g/mol. The zero-order chi connectivity index (χ0) is 16.3. The van der Waals surface area contributed by atoms with E-state index in [1.807, 2.05) is 24.3 Å². The molecule has 1 amide bonds. The lowest BCUT2D eigenvalue weighted by molar-refractivity contribution is -0.123. The van der Waals surface area contributed by atoms with Gasteiger partial charge in [0.15, 0.2) is 0 Å². The standard InChI is InChI=1S/C17H22F2N2O2.ClH/c18-17(19)9-14(21-11-17)16(22)20-10-12-5-1-4-8-15(12)23-13-6-2-3-7-13;/h1,4-5,8,13-14,21H,2-3,6-7,9-11H2,(H,20,22);1H. The van der Waals surface area contributed by atoms with Gasteiger partial charge in [0.25, 0.3) is 5.92 Å². The Morgan fingerprint density at radius 1 is 1.29 bits per heavy atom. The second kappa shape index (κ2) is 8.12. The van der Waals surface area contributed by atoms with Crippen molar-refractivity contribution in [1.82, 2.24) is 10.6 Å². The first-order valence-electron chi connectivity index (χ1n) is 8.17. The third-order valence-electron chi connectivity index (χ3n) is 4.45. The molecule has 1 saturated carbocycles. The number of carbonyl (C=O) groups is 1. The molecule has 4 nitrogen and oxygen atoms in total. The number of amides is 1. The molecule has 134 valence electrons. The topological polar surface area (TPSA) is 50.4 Å². The summed E-state index contributed by atoms with van der Waals surface area (Å²) in [5.74, 6) is -2.42. The van der Waals surface area contributed by atoms with Crippen LogP contribution in [0.4, 0.5) is 8.78 Å². The smallest absolute Gasteiger partial charge is 0.262 e. The number of alkyl halides is 2. The second-order valence-electron chi connectivity index (χ2n) is 6.34. The Labute approximate surface area is 146 Å². The summed E-state index contributed by atoms with van der Waals surface area (Å²) in [6.45, 7) is -0.155. The second-order valence-corrected chi connectivity index (χ2v) is 6.34. The van der Waals surface area contributed by atoms with Gasteiger partial charge in [0.05, 0.1) is 18.7 Å². The first-order chi connectivity index (χ1) is 11.0. The van der Waals surface area contributed by atoms with E-state index in [2.05, 4.69) is 10.6 Å². The van der Waals surface area contributed by atoms with Crippen LogP contribution in [0.25, 0.3) is 0 Å². The van der Waals surface area contributed by atoms with Gasteiger partial charge in [-0.3, -0.25) is 10.1 Å². The normalized spacial score (nSPS) is 22.8. The van der Waals surface area contributed by atoms with Gasteiger partial charge in [-0.15, -0.1) is 12.4 Å². The molecule has 0 aromatic heterocycles. The van der Waals surface area contributed by atoms with Crippen LogP contribution in [0, 0.1) is 0 Å². The van der Waals surface area contributed by atoms with Gasteiger partial charge in [0, 0.05) is 18.5 Å². The fraction of sp³-hybridized carbons (Fsp3) is 0.588. The summed E-state index contributed by atoms with van der Waals surface area (Å²) >= 11 is 0. The number of ether oxygens (including phenoxy) is 1. The van der Waals surface area contributed by atoms with E-state index in [0.29, 0.717) is 0 Å². The van der Waals surface area contributed by atoms with Crippen molar-refractivity contribution in [3.05, 3.63) is 29.8 Å². The van der Waals surface area contributed by atoms with Crippen molar-refractivity contribution in [3.63, 3.8) is 0 Å². The minimum absolute atomic E-state index is 0. The summed E-state index contributed by atoms with van der Waals surface area (Å²) < 4.78 is 32.3. The fourth-order valence-electron chi connectivity index (χ4n) is 3.16. The summed E-state index contributed by atoms with van der Waals surface area (Å²) in [4.78, 5) is 12.0. The summed E-state index contributed by atoms with van der Waals surface area (Å²) in [6.07, 6.45) is 4.28. The van der Waals surface area contributed by atoms with Crippen molar-refractivity contribution in [2.24, 2.45) is 0 Å². The molecule has 1 aliphatic heterocycles. The van der Waals surface area contributed by atoms with Crippen molar-refractivity contribution in [3.8, 4) is 5.75 Å². The fourth-order valence-corrected chi connectivity index (χ4v) is 3.16. The third kappa shape index (κ3) is 4.80. The number of halogens is 3. The van der Waals surface area contributed by atoms with E-state index in [4.69, 9.17) is 4.74 Å². The molecule has 1 aromatic rings. The molecule has 1 aliphatic carbocycles. The number of rotatable bonds is 5. The largest absolute Gasteiger partial charge is 0.490 e. The van der Waals surface area contributed by atoms with E-state index in [9.17, 15) is 13.6 Å². The highest BCUT2D eigenvalue weighted by Gasteiger charge is 2.42. The predicted molar refractivity (Wildman–Crippen MR) is 89.8 cm³/mol. The van der Waals surface area contributed by atoms with E-state index < -0.39 is 30.8 Å². The molecule has 1 heterocycles. The van der Waals surface area contributed by atoms with Gasteiger partial charge in [-0.2, -0.15) is 0 Å². The van der Waals surface area contributed by atoms with Crippen molar-refractivity contribution in [2.45, 2.75) is 56.7 Å². The maximum Gasteiger partial charge on any atom is 0.262 e. The van der Waals surface area contributed by atoms with Crippen molar-refractivity contribution in [2.75, 3.05) is 6.54 Å². The average molecular weight is 361 g/mol. The van der Waals surface area contributed by atoms with E-state index in [0.717, 1.165) is 24.2 Å². The molecule has 7 heteroatoms. The molecule has 2 aliphatic rings. The van der Waals surface area contributed by atoms with Crippen LogP contribution in [0.15, 0.2) is 24.3 Å². The molecule has 1 unspecified atom stereocenters. The summed E-state index contributed by atoms with van der Waals surface area (Å²) in [5.41, 5.74) is 0.873. The van der Waals surface area contributed by atoms with E-state index in [1.165, 1.54) is 12.8 Å². The molecule has 1 atom stereocenters. The lowest BCUT2D eigenvalue weighted by Gasteiger charge is -2.17. The lowest BCUT2D eigenvalue weighted by atomic mass is 10.1. The first-order valence-corrected chi connectivity index (χ1v) is 8.17. The van der Waals surface area contributed by atoms with Crippen LogP contribution >= 0.6 is 12.4 Å². The van der Waals surface area contributed by atoms with Crippen LogP contribution in [0.5, 0.6) is 5.75 Å². The van der Waals surface area contributed by atoms with Crippen LogP contribution in [0.2, 0.25) is 0 Å². The highest BCUT2D eigenvalue weighted by atomic mass is 35.5. The predicted octanol–water partition coefficient (Wildman–Crippen LogP) is 3.04. The minimum Gasteiger partial charge on any atom is -0.490 e. The van der Waals surface area contributed by atoms with Crippen LogP contribution < -0.4 is 15.4 Å². The van der Waals surface area contributed by atoms with Gasteiger partial charge in [-0.25, -0.2) is 8.78 Å². The van der Waals surface area contributed by atoms with E-state index in [1.54, 1.807) is 0 Å². The van der Waals surface area contributed by atoms with Crippen molar-refractivity contribution in [1.29, 1.82) is 0 Å². The van der Waals surface area contributed by atoms with Crippen LogP contribution in [-0.4, -0.2) is 30.5 Å². The number of hydrogen-bond acceptors (Lipinski definition) is 3. The highest BCUT2D eigenvalue weighted by Crippen LogP contribution is 2.27. The van der Waals surface area contributed by atoms with Gasteiger partial charge >= 0.3 is 0 Å². The first kappa shape index (κ1) is 18.9. The van der Waals surface area contributed by atoms with Crippen LogP contribution in [0.3, 0.4) is 0 Å². The number of para-hydroxylation sites is 1. The Kier molecular flexibility index (Phi) is 6.40. The molecular formula is C17H23ClF2N2O2. The van der Waals surface area contributed by atoms with Gasteiger partial charge in [-0.05, 0) is 31.7 Å². The van der Waals surface area contributed by atoms with Gasteiger partial charge < -0.3 is 10.1 Å². The van der Waals surface area contributed by atoms with Gasteiger partial charge in [-0.1, -0.05) is 18.2 Å². The summed E-state index contributed by atoms with van der Waals surface area (Å²) in [5, 5.41) is 5.29. The summed E-state index contributed by atoms with van der Waals surface area (Å²) in [7, 11) is 0. The Bertz CT molecular complexity index is 565. The van der Waals surface area contributed by atoms with Crippen molar-refractivity contribution < 1.29 is 18.3 Å². The Hall–Kier alpha value is -1.40. The van der Waals surface area contributed by atoms with Crippen LogP contribution in [-0.2, 0) is 11.3 Å². The molecule has 1 aromatic carbocycles. The summed E-state index contributed by atoms with van der Waals surface area (Å²) in [6, 6.07) is 6.73. The van der Waals surface area contributed by atoms with E-state index in [-0.39, 0.29) is 25.1 Å². The Morgan fingerprint density at radius 3 is 2.67 bits per heavy atom. The lowest BCUT2D eigenvalue weighted by Crippen LogP contribution is -2.40. The highest BCUT2D eigenvalue weighted by molar-refractivity contribution is 5.85. The molecule has 2 fully saturated rings. The molecule has 0 spiro atoms. The molecule has 3 rings (SSSR count). The maximum absolute atomic E-state index is 13.1. The molecule has 0 bridgehead atoms. The molecule has 24 heavy (non-hydrogen) atoms. The van der Waals surface area contributed by atoms with Crippen LogP contribution in [0.1, 0.15) is 37.7 Å². The van der Waals surface area contributed by atoms with Crippen molar-refractivity contribution >= 4 is 18.3 Å². The number of hydrogen-bond donors (Lipinski definition) is 2. The zero-order valence-electron chi connectivity index (χ0n) is 13.4.